The third kappa shape index (κ3) is 4.14. The van der Waals surface area contributed by atoms with E-state index in [1.807, 2.05) is 0 Å². The van der Waals surface area contributed by atoms with Gasteiger partial charge in [0.1, 0.15) is 11.5 Å². The first-order chi connectivity index (χ1) is 8.53. The lowest BCUT2D eigenvalue weighted by atomic mass is 10.2. The molecule has 4 nitrogen and oxygen atoms in total. The second-order valence-electron chi connectivity index (χ2n) is 5.88. The third-order valence-electron chi connectivity index (χ3n) is 3.29. The van der Waals surface area contributed by atoms with E-state index in [0.29, 0.717) is 16.5 Å². The summed E-state index contributed by atoms with van der Waals surface area (Å²) in [6.07, 6.45) is -0.861. The van der Waals surface area contributed by atoms with Crippen LogP contribution in [0, 0.1) is 0 Å². The van der Waals surface area contributed by atoms with Crippen LogP contribution in [0.5, 0.6) is 11.5 Å². The minimum Gasteiger partial charge on any atom is -0.542 e. The first kappa shape index (κ1) is 15.9. The molecule has 0 saturated carbocycles. The molecule has 1 rings (SSSR count). The molecule has 0 aliphatic rings. The first-order valence-electron chi connectivity index (χ1n) is 5.99. The lowest BCUT2D eigenvalue weighted by molar-refractivity contribution is 0.211. The standard InChI is InChI=1S/C13H20ClNO3Si/c1-13(2,3)19(4,5)18-11-8-9(17-12(15)16)6-7-10(11)14/h6-8H,1-5H3,(H2,15,16). The maximum absolute atomic E-state index is 10.7. The number of halogens is 1. The van der Waals surface area contributed by atoms with Gasteiger partial charge in [0.15, 0.2) is 0 Å². The van der Waals surface area contributed by atoms with Crippen molar-refractivity contribution < 1.29 is 14.0 Å². The summed E-state index contributed by atoms with van der Waals surface area (Å²) >= 11 is 6.11. The summed E-state index contributed by atoms with van der Waals surface area (Å²) in [4.78, 5) is 10.7. The summed E-state index contributed by atoms with van der Waals surface area (Å²) in [5, 5.41) is 0.540. The van der Waals surface area contributed by atoms with Gasteiger partial charge in [-0.3, -0.25) is 0 Å². The maximum atomic E-state index is 10.7. The molecule has 1 aromatic rings. The predicted octanol–water partition coefficient (Wildman–Crippen LogP) is 4.18. The minimum atomic E-state index is -2.00. The lowest BCUT2D eigenvalue weighted by Gasteiger charge is -2.36. The van der Waals surface area contributed by atoms with Crippen molar-refractivity contribution in [3.63, 3.8) is 0 Å². The normalized spacial score (nSPS) is 12.1. The Morgan fingerprint density at radius 3 is 2.37 bits per heavy atom. The number of carbonyl (C=O) groups is 1. The van der Waals surface area contributed by atoms with Crippen molar-refractivity contribution in [1.29, 1.82) is 0 Å². The van der Waals surface area contributed by atoms with Crippen molar-refractivity contribution in [3.8, 4) is 11.5 Å². The van der Waals surface area contributed by atoms with Crippen molar-refractivity contribution >= 4 is 26.0 Å². The molecule has 6 heteroatoms. The Kier molecular flexibility index (Phi) is 4.53. The molecular weight excluding hydrogens is 282 g/mol. The number of nitrogens with two attached hydrogens (primary N) is 1. The first-order valence-corrected chi connectivity index (χ1v) is 9.27. The van der Waals surface area contributed by atoms with Gasteiger partial charge < -0.3 is 14.9 Å². The fraction of sp³-hybridized carbons (Fsp3) is 0.462. The number of hydrogen-bond donors (Lipinski definition) is 1. The topological polar surface area (TPSA) is 61.6 Å². The Morgan fingerprint density at radius 2 is 1.89 bits per heavy atom. The van der Waals surface area contributed by atoms with Crippen molar-refractivity contribution in [2.75, 3.05) is 0 Å². The SMILES string of the molecule is CC(C)(C)[Si](C)(C)Oc1cc(OC(N)=O)ccc1Cl. The number of benzene rings is 1. The largest absolute Gasteiger partial charge is 0.542 e. The number of ether oxygens (including phenoxy) is 1. The van der Waals surface area contributed by atoms with Gasteiger partial charge in [-0.2, -0.15) is 0 Å². The van der Waals surface area contributed by atoms with E-state index in [0.717, 1.165) is 0 Å². The molecule has 0 atom stereocenters. The van der Waals surface area contributed by atoms with Gasteiger partial charge >= 0.3 is 6.09 Å². The highest BCUT2D eigenvalue weighted by Gasteiger charge is 2.39. The number of rotatable bonds is 3. The van der Waals surface area contributed by atoms with E-state index < -0.39 is 14.4 Å². The molecule has 0 aliphatic heterocycles. The van der Waals surface area contributed by atoms with Crippen LogP contribution in [0.25, 0.3) is 0 Å². The van der Waals surface area contributed by atoms with Crippen LogP contribution in [-0.4, -0.2) is 14.4 Å². The molecular formula is C13H20ClNO3Si. The van der Waals surface area contributed by atoms with Gasteiger partial charge in [-0.1, -0.05) is 32.4 Å². The molecule has 0 saturated heterocycles. The zero-order valence-corrected chi connectivity index (χ0v) is 13.7. The maximum Gasteiger partial charge on any atom is 0.409 e. The molecule has 0 radical (unpaired) electrons. The second kappa shape index (κ2) is 5.42. The van der Waals surface area contributed by atoms with Crippen molar-refractivity contribution in [2.45, 2.75) is 38.9 Å². The van der Waals surface area contributed by atoms with Crippen LogP contribution in [0.15, 0.2) is 18.2 Å². The molecule has 19 heavy (non-hydrogen) atoms. The fourth-order valence-corrected chi connectivity index (χ4v) is 2.42. The molecule has 106 valence electrons. The summed E-state index contributed by atoms with van der Waals surface area (Å²) in [6, 6.07) is 4.79. The molecule has 0 heterocycles. The van der Waals surface area contributed by atoms with Gasteiger partial charge in [0.2, 0.25) is 0 Å². The van der Waals surface area contributed by atoms with Gasteiger partial charge in [-0.25, -0.2) is 4.79 Å². The average molecular weight is 302 g/mol. The van der Waals surface area contributed by atoms with E-state index in [4.69, 9.17) is 26.5 Å². The Morgan fingerprint density at radius 1 is 1.32 bits per heavy atom. The number of carbonyl (C=O) groups excluding carboxylic acids is 1. The average Bonchev–Trinajstić information content (AvgIpc) is 2.20. The minimum absolute atomic E-state index is 0.0525. The van der Waals surface area contributed by atoms with Crippen molar-refractivity contribution in [3.05, 3.63) is 23.2 Å². The van der Waals surface area contributed by atoms with E-state index in [-0.39, 0.29) is 5.04 Å². The molecule has 0 bridgehead atoms. The van der Waals surface area contributed by atoms with Crippen LogP contribution in [0.2, 0.25) is 23.2 Å². The zero-order valence-electron chi connectivity index (χ0n) is 11.9. The molecule has 0 fully saturated rings. The predicted molar refractivity (Wildman–Crippen MR) is 79.5 cm³/mol. The highest BCUT2D eigenvalue weighted by molar-refractivity contribution is 6.74. The fourth-order valence-electron chi connectivity index (χ4n) is 1.17. The Labute approximate surface area is 120 Å². The van der Waals surface area contributed by atoms with Crippen LogP contribution < -0.4 is 14.9 Å². The van der Waals surface area contributed by atoms with E-state index in [1.165, 1.54) is 0 Å². The van der Waals surface area contributed by atoms with Crippen LogP contribution in [0.1, 0.15) is 20.8 Å². The molecule has 0 unspecified atom stereocenters. The summed E-state index contributed by atoms with van der Waals surface area (Å²) in [5.74, 6) is 0.845. The molecule has 0 spiro atoms. The van der Waals surface area contributed by atoms with E-state index >= 15 is 0 Å². The van der Waals surface area contributed by atoms with Crippen LogP contribution in [0.4, 0.5) is 4.79 Å². The van der Waals surface area contributed by atoms with Crippen molar-refractivity contribution in [2.24, 2.45) is 5.73 Å². The quantitative estimate of drug-likeness (QED) is 0.852. The molecule has 2 N–H and O–H groups in total. The van der Waals surface area contributed by atoms with Crippen LogP contribution in [-0.2, 0) is 0 Å². The van der Waals surface area contributed by atoms with E-state index in [1.54, 1.807) is 18.2 Å². The Hall–Kier alpha value is -1.20. The van der Waals surface area contributed by atoms with Gasteiger partial charge in [-0.15, -0.1) is 0 Å². The Balaban J connectivity index is 3.04. The number of hydrogen-bond acceptors (Lipinski definition) is 3. The molecule has 0 aromatic heterocycles. The van der Waals surface area contributed by atoms with Crippen LogP contribution >= 0.6 is 11.6 Å². The highest BCUT2D eigenvalue weighted by atomic mass is 35.5. The van der Waals surface area contributed by atoms with Gasteiger partial charge in [-0.05, 0) is 30.3 Å². The highest BCUT2D eigenvalue weighted by Crippen LogP contribution is 2.40. The zero-order chi connectivity index (χ0) is 14.8. The molecule has 0 aliphatic carbocycles. The lowest BCUT2D eigenvalue weighted by Crippen LogP contribution is -2.43. The van der Waals surface area contributed by atoms with E-state index in [2.05, 4.69) is 33.9 Å². The summed E-state index contributed by atoms with van der Waals surface area (Å²) in [6.45, 7) is 10.6. The van der Waals surface area contributed by atoms with Gasteiger partial charge in [0, 0.05) is 6.07 Å². The number of amides is 1. The van der Waals surface area contributed by atoms with Gasteiger partial charge in [0.05, 0.1) is 5.02 Å². The van der Waals surface area contributed by atoms with Gasteiger partial charge in [0.25, 0.3) is 8.32 Å². The third-order valence-corrected chi connectivity index (χ3v) is 7.95. The summed E-state index contributed by atoms with van der Waals surface area (Å²) < 4.78 is 10.9. The number of primary amides is 1. The smallest absolute Gasteiger partial charge is 0.409 e. The molecule has 1 amide bonds. The summed E-state index contributed by atoms with van der Waals surface area (Å²) in [7, 11) is -2.00. The monoisotopic (exact) mass is 301 g/mol. The summed E-state index contributed by atoms with van der Waals surface area (Å²) in [5.41, 5.74) is 4.98. The van der Waals surface area contributed by atoms with Crippen LogP contribution in [0.3, 0.4) is 0 Å². The van der Waals surface area contributed by atoms with Crippen molar-refractivity contribution in [1.82, 2.24) is 0 Å². The van der Waals surface area contributed by atoms with E-state index in [9.17, 15) is 4.79 Å². The Bertz CT molecular complexity index is 483. The molecule has 1 aromatic carbocycles. The second-order valence-corrected chi connectivity index (χ2v) is 11.0.